The van der Waals surface area contributed by atoms with E-state index in [0.717, 1.165) is 5.56 Å². The Morgan fingerprint density at radius 1 is 0.889 bits per heavy atom. The molecule has 0 saturated heterocycles. The molecule has 0 aliphatic rings. The summed E-state index contributed by atoms with van der Waals surface area (Å²) in [6.45, 7) is 1.92. The number of hydrogen-bond donors (Lipinski definition) is 1. The Labute approximate surface area is 160 Å². The van der Waals surface area contributed by atoms with E-state index in [4.69, 9.17) is 18.9 Å². The van der Waals surface area contributed by atoms with Crippen LogP contribution in [-0.4, -0.2) is 43.4 Å². The number of benzene rings is 2. The van der Waals surface area contributed by atoms with E-state index in [9.17, 15) is 8.42 Å². The molecule has 0 aliphatic heterocycles. The van der Waals surface area contributed by atoms with Gasteiger partial charge in [-0.2, -0.15) is 0 Å². The molecule has 0 bridgehead atoms. The van der Waals surface area contributed by atoms with E-state index in [1.165, 1.54) is 20.3 Å². The zero-order chi connectivity index (χ0) is 20.0. The third-order valence-corrected chi connectivity index (χ3v) is 5.74. The quantitative estimate of drug-likeness (QED) is 0.703. The average Bonchev–Trinajstić information content (AvgIpc) is 2.66. The smallest absolute Gasteiger partial charge is 0.240 e. The summed E-state index contributed by atoms with van der Waals surface area (Å²) in [5.41, 5.74) is 1.39. The molecule has 0 amide bonds. The summed E-state index contributed by atoms with van der Waals surface area (Å²) in [5.74, 6) is 2.30. The second-order valence-corrected chi connectivity index (χ2v) is 7.54. The van der Waals surface area contributed by atoms with Crippen LogP contribution in [0.5, 0.6) is 23.0 Å². The Bertz CT molecular complexity index is 895. The van der Waals surface area contributed by atoms with E-state index in [1.807, 2.05) is 0 Å². The van der Waals surface area contributed by atoms with E-state index in [2.05, 4.69) is 4.72 Å². The van der Waals surface area contributed by atoms with Gasteiger partial charge in [-0.25, -0.2) is 13.1 Å². The molecule has 0 radical (unpaired) electrons. The highest BCUT2D eigenvalue weighted by Crippen LogP contribution is 2.35. The monoisotopic (exact) mass is 395 g/mol. The Morgan fingerprint density at radius 2 is 1.59 bits per heavy atom. The van der Waals surface area contributed by atoms with E-state index < -0.39 is 10.0 Å². The van der Waals surface area contributed by atoms with Crippen molar-refractivity contribution < 1.29 is 27.4 Å². The Balaban J connectivity index is 2.18. The highest BCUT2D eigenvalue weighted by atomic mass is 32.2. The normalized spacial score (nSPS) is 11.1. The molecule has 8 heteroatoms. The van der Waals surface area contributed by atoms with Crippen molar-refractivity contribution >= 4 is 10.0 Å². The van der Waals surface area contributed by atoms with Gasteiger partial charge in [-0.15, -0.1) is 0 Å². The van der Waals surface area contributed by atoms with Crippen LogP contribution in [0.2, 0.25) is 0 Å². The molecule has 0 spiro atoms. The fourth-order valence-corrected chi connectivity index (χ4v) is 4.02. The van der Waals surface area contributed by atoms with Crippen LogP contribution < -0.4 is 23.7 Å². The first kappa shape index (κ1) is 20.9. The molecule has 0 fully saturated rings. The maximum Gasteiger partial charge on any atom is 0.240 e. The van der Waals surface area contributed by atoms with Gasteiger partial charge >= 0.3 is 0 Å². The number of aryl methyl sites for hydroxylation is 1. The summed E-state index contributed by atoms with van der Waals surface area (Å²) < 4.78 is 49.0. The van der Waals surface area contributed by atoms with Gasteiger partial charge in [-0.05, 0) is 43.2 Å². The first-order chi connectivity index (χ1) is 12.9. The lowest BCUT2D eigenvalue weighted by atomic mass is 10.1. The molecule has 0 aromatic heterocycles. The lowest BCUT2D eigenvalue weighted by molar-refractivity contribution is 0.345. The number of sulfonamides is 1. The van der Waals surface area contributed by atoms with E-state index in [1.54, 1.807) is 45.4 Å². The largest absolute Gasteiger partial charge is 0.497 e. The highest BCUT2D eigenvalue weighted by molar-refractivity contribution is 7.89. The fourth-order valence-electron chi connectivity index (χ4n) is 2.77. The Hall–Kier alpha value is -2.45. The minimum Gasteiger partial charge on any atom is -0.497 e. The van der Waals surface area contributed by atoms with Crippen LogP contribution in [0.1, 0.15) is 11.1 Å². The van der Waals surface area contributed by atoms with Crippen LogP contribution in [0.4, 0.5) is 0 Å². The molecule has 0 heterocycles. The summed E-state index contributed by atoms with van der Waals surface area (Å²) in [6, 6.07) is 8.36. The van der Waals surface area contributed by atoms with Gasteiger partial charge in [0, 0.05) is 18.2 Å². The van der Waals surface area contributed by atoms with Gasteiger partial charge in [0.05, 0.1) is 33.3 Å². The maximum atomic E-state index is 12.6. The van der Waals surface area contributed by atoms with Gasteiger partial charge in [0.2, 0.25) is 10.0 Å². The van der Waals surface area contributed by atoms with Gasteiger partial charge in [-0.3, -0.25) is 0 Å². The summed E-state index contributed by atoms with van der Waals surface area (Å²) in [5, 5.41) is 0. The SMILES string of the molecule is COc1ccc(S(=O)(=O)NCCc2cc(OC)cc(OC)c2OC)c(C)c1. The number of nitrogens with one attached hydrogen (secondary N) is 1. The molecule has 7 nitrogen and oxygen atoms in total. The van der Waals surface area contributed by atoms with Crippen molar-refractivity contribution in [1.82, 2.24) is 4.72 Å². The van der Waals surface area contributed by atoms with Crippen molar-refractivity contribution in [2.24, 2.45) is 0 Å². The van der Waals surface area contributed by atoms with E-state index in [-0.39, 0.29) is 11.4 Å². The van der Waals surface area contributed by atoms with Gasteiger partial charge in [0.15, 0.2) is 11.5 Å². The summed E-state index contributed by atoms with van der Waals surface area (Å²) in [6.07, 6.45) is 0.408. The molecule has 148 valence electrons. The highest BCUT2D eigenvalue weighted by Gasteiger charge is 2.18. The standard InChI is InChI=1S/C19H25NO6S/c1-13-10-15(23-2)6-7-18(13)27(21,22)20-9-8-14-11-16(24-3)12-17(25-4)19(14)26-5/h6-7,10-12,20H,8-9H2,1-5H3. The summed E-state index contributed by atoms with van der Waals surface area (Å²) in [4.78, 5) is 0.221. The average molecular weight is 395 g/mol. The molecule has 0 atom stereocenters. The molecule has 2 aromatic rings. The number of rotatable bonds is 9. The van der Waals surface area contributed by atoms with Crippen LogP contribution in [0, 0.1) is 6.92 Å². The Morgan fingerprint density at radius 3 is 2.15 bits per heavy atom. The predicted molar refractivity (Wildman–Crippen MR) is 103 cm³/mol. The van der Waals surface area contributed by atoms with Crippen molar-refractivity contribution in [2.45, 2.75) is 18.2 Å². The van der Waals surface area contributed by atoms with Gasteiger partial charge in [-0.1, -0.05) is 0 Å². The Kier molecular flexibility index (Phi) is 6.92. The van der Waals surface area contributed by atoms with Crippen molar-refractivity contribution in [3.63, 3.8) is 0 Å². The molecular formula is C19H25NO6S. The summed E-state index contributed by atoms with van der Waals surface area (Å²) >= 11 is 0. The van der Waals surface area contributed by atoms with Crippen LogP contribution in [-0.2, 0) is 16.4 Å². The number of methoxy groups -OCH3 is 4. The number of hydrogen-bond acceptors (Lipinski definition) is 6. The molecule has 0 unspecified atom stereocenters. The van der Waals surface area contributed by atoms with Crippen LogP contribution >= 0.6 is 0 Å². The summed E-state index contributed by atoms with van der Waals surface area (Å²) in [7, 11) is 2.53. The minimum atomic E-state index is -3.65. The zero-order valence-electron chi connectivity index (χ0n) is 16.2. The first-order valence-corrected chi connectivity index (χ1v) is 9.77. The lowest BCUT2D eigenvalue weighted by Gasteiger charge is -2.15. The van der Waals surface area contributed by atoms with Gasteiger partial charge in [0.25, 0.3) is 0 Å². The molecule has 1 N–H and O–H groups in total. The molecular weight excluding hydrogens is 370 g/mol. The second-order valence-electron chi connectivity index (χ2n) is 5.80. The molecule has 2 rings (SSSR count). The molecule has 27 heavy (non-hydrogen) atoms. The fraction of sp³-hybridized carbons (Fsp3) is 0.368. The third kappa shape index (κ3) is 4.84. The molecule has 2 aromatic carbocycles. The van der Waals surface area contributed by atoms with E-state index >= 15 is 0 Å². The first-order valence-electron chi connectivity index (χ1n) is 8.29. The second kappa shape index (κ2) is 8.96. The van der Waals surface area contributed by atoms with E-state index in [0.29, 0.717) is 35.0 Å². The maximum absolute atomic E-state index is 12.6. The van der Waals surface area contributed by atoms with Crippen LogP contribution in [0.25, 0.3) is 0 Å². The molecule has 0 saturated carbocycles. The van der Waals surface area contributed by atoms with Gasteiger partial charge < -0.3 is 18.9 Å². The molecule has 0 aliphatic carbocycles. The van der Waals surface area contributed by atoms with Crippen molar-refractivity contribution in [3.05, 3.63) is 41.5 Å². The van der Waals surface area contributed by atoms with Crippen molar-refractivity contribution in [3.8, 4) is 23.0 Å². The van der Waals surface area contributed by atoms with Crippen LogP contribution in [0.3, 0.4) is 0 Å². The zero-order valence-corrected chi connectivity index (χ0v) is 17.0. The third-order valence-electron chi connectivity index (χ3n) is 4.12. The van der Waals surface area contributed by atoms with Crippen LogP contribution in [0.15, 0.2) is 35.2 Å². The van der Waals surface area contributed by atoms with Gasteiger partial charge in [0.1, 0.15) is 11.5 Å². The lowest BCUT2D eigenvalue weighted by Crippen LogP contribution is -2.26. The minimum absolute atomic E-state index is 0.195. The van der Waals surface area contributed by atoms with Crippen molar-refractivity contribution in [1.29, 1.82) is 0 Å². The topological polar surface area (TPSA) is 83.1 Å². The number of ether oxygens (including phenoxy) is 4. The van der Waals surface area contributed by atoms with Crippen molar-refractivity contribution in [2.75, 3.05) is 35.0 Å². The predicted octanol–water partition coefficient (Wildman–Crippen LogP) is 2.55.